The van der Waals surface area contributed by atoms with Gasteiger partial charge in [-0.15, -0.1) is 13.2 Å². The molecule has 9 heteroatoms. The van der Waals surface area contributed by atoms with Gasteiger partial charge >= 0.3 is 12.5 Å². The van der Waals surface area contributed by atoms with E-state index in [9.17, 15) is 23.1 Å². The number of hydrogen-bond acceptors (Lipinski definition) is 5. The highest BCUT2D eigenvalue weighted by Gasteiger charge is 2.35. The highest BCUT2D eigenvalue weighted by molar-refractivity contribution is 5.68. The summed E-state index contributed by atoms with van der Waals surface area (Å²) < 4.78 is 44.0. The smallest absolute Gasteiger partial charge is 0.445 e. The molecule has 0 unspecified atom stereocenters. The Hall–Kier alpha value is -2.29. The maximum atomic E-state index is 11.9. The fourth-order valence-corrected chi connectivity index (χ4v) is 2.04. The lowest BCUT2D eigenvalue weighted by atomic mass is 10.2. The molecule has 1 heterocycles. The number of amides is 1. The lowest BCUT2D eigenvalue weighted by molar-refractivity contribution is -0.280. The van der Waals surface area contributed by atoms with Crippen molar-refractivity contribution in [1.82, 2.24) is 4.90 Å². The van der Waals surface area contributed by atoms with Crippen molar-refractivity contribution in [2.45, 2.75) is 25.1 Å². The Morgan fingerprint density at radius 2 is 2.04 bits per heavy atom. The fraction of sp³-hybridized carbons (Fsp3) is 0.429. The minimum Gasteiger partial charge on any atom is -0.445 e. The van der Waals surface area contributed by atoms with Crippen LogP contribution in [0.25, 0.3) is 0 Å². The molecule has 2 atom stereocenters. The quantitative estimate of drug-likeness (QED) is 0.676. The van der Waals surface area contributed by atoms with Crippen LogP contribution in [0.1, 0.15) is 5.56 Å². The average Bonchev–Trinajstić information content (AvgIpc) is 2.86. The molecular weight excluding hydrogens is 317 g/mol. The minimum absolute atomic E-state index is 0.0491. The summed E-state index contributed by atoms with van der Waals surface area (Å²) in [6.45, 7) is -0.0501. The van der Waals surface area contributed by atoms with Gasteiger partial charge in [-0.3, -0.25) is 4.99 Å². The second-order valence-electron chi connectivity index (χ2n) is 4.90. The molecule has 2 rings (SSSR count). The summed E-state index contributed by atoms with van der Waals surface area (Å²) in [5, 5.41) is 9.72. The van der Waals surface area contributed by atoms with Gasteiger partial charge in [-0.25, -0.2) is 4.79 Å². The third kappa shape index (κ3) is 5.44. The van der Waals surface area contributed by atoms with Crippen LogP contribution in [0.5, 0.6) is 0 Å². The van der Waals surface area contributed by atoms with E-state index in [0.29, 0.717) is 0 Å². The zero-order valence-corrected chi connectivity index (χ0v) is 11.9. The van der Waals surface area contributed by atoms with E-state index < -0.39 is 24.6 Å². The summed E-state index contributed by atoms with van der Waals surface area (Å²) >= 11 is 0. The number of β-amino-alcohol motifs (C(OH)–C–C–N with tert-alkyl or cyclic N) is 1. The van der Waals surface area contributed by atoms with Gasteiger partial charge in [-0.1, -0.05) is 30.3 Å². The number of alkyl halides is 3. The maximum Gasteiger partial charge on any atom is 0.573 e. The van der Waals surface area contributed by atoms with Crippen molar-refractivity contribution in [1.29, 1.82) is 0 Å². The number of hydrogen-bond donors (Lipinski definition) is 1. The molecule has 0 bridgehead atoms. The summed E-state index contributed by atoms with van der Waals surface area (Å²) in [5.41, 5.74) is 0.800. The predicted molar refractivity (Wildman–Crippen MR) is 73.6 cm³/mol. The van der Waals surface area contributed by atoms with Crippen molar-refractivity contribution < 1.29 is 32.5 Å². The number of rotatable bonds is 4. The molecule has 0 aromatic heterocycles. The Bertz CT molecular complexity index is 551. The van der Waals surface area contributed by atoms with Crippen LogP contribution < -0.4 is 0 Å². The Balaban J connectivity index is 1.81. The molecule has 1 aromatic rings. The Kier molecular flexibility index (Phi) is 5.43. The van der Waals surface area contributed by atoms with Gasteiger partial charge in [-0.05, 0) is 5.56 Å². The van der Waals surface area contributed by atoms with E-state index in [2.05, 4.69) is 9.73 Å². The maximum absolute atomic E-state index is 11.9. The number of ether oxygens (including phenoxy) is 2. The van der Waals surface area contributed by atoms with Crippen LogP contribution in [0.3, 0.4) is 0 Å². The van der Waals surface area contributed by atoms with E-state index >= 15 is 0 Å². The number of carbonyl (C=O) groups excluding carboxylic acids is 1. The van der Waals surface area contributed by atoms with E-state index in [1.807, 2.05) is 6.07 Å². The molecular formula is C14H15F3N2O4. The van der Waals surface area contributed by atoms with Crippen molar-refractivity contribution in [2.75, 3.05) is 13.1 Å². The minimum atomic E-state index is -4.83. The van der Waals surface area contributed by atoms with E-state index in [-0.39, 0.29) is 26.1 Å². The van der Waals surface area contributed by atoms with Crippen molar-refractivity contribution >= 4 is 12.5 Å². The van der Waals surface area contributed by atoms with Crippen LogP contribution in [-0.2, 0) is 16.1 Å². The summed E-state index contributed by atoms with van der Waals surface area (Å²) in [5.74, 6) is 0. The van der Waals surface area contributed by atoms with Crippen LogP contribution in [0.15, 0.2) is 35.3 Å². The Morgan fingerprint density at radius 3 is 2.70 bits per heavy atom. The van der Waals surface area contributed by atoms with E-state index in [1.54, 1.807) is 24.3 Å². The van der Waals surface area contributed by atoms with Gasteiger partial charge in [-0.2, -0.15) is 0 Å². The number of aliphatic imine (C=N–C) groups is 1. The number of carbonyl (C=O) groups is 1. The normalized spacial score (nSPS) is 21.7. The molecule has 0 radical (unpaired) electrons. The average molecular weight is 332 g/mol. The molecule has 1 N–H and O–H groups in total. The topological polar surface area (TPSA) is 71.4 Å². The van der Waals surface area contributed by atoms with Crippen LogP contribution in [0.2, 0.25) is 0 Å². The zero-order chi connectivity index (χ0) is 16.9. The molecule has 1 saturated heterocycles. The van der Waals surface area contributed by atoms with Gasteiger partial charge < -0.3 is 19.5 Å². The number of aliphatic hydroxyl groups excluding tert-OH is 1. The monoisotopic (exact) mass is 332 g/mol. The largest absolute Gasteiger partial charge is 0.573 e. The number of likely N-dealkylation sites (tertiary alicyclic amines) is 1. The van der Waals surface area contributed by atoms with Crippen molar-refractivity contribution in [3.05, 3.63) is 35.9 Å². The molecule has 126 valence electrons. The van der Waals surface area contributed by atoms with Gasteiger partial charge in [0.1, 0.15) is 6.61 Å². The molecule has 1 aliphatic heterocycles. The first-order valence-electron chi connectivity index (χ1n) is 6.75. The number of nitrogens with zero attached hydrogens (tertiary/aromatic N) is 2. The molecule has 0 saturated carbocycles. The standard InChI is InChI=1S/C14H15F3N2O4/c15-14(16,17)23-9-18-11-6-19(7-12(11)20)13(21)22-8-10-4-2-1-3-5-10/h1-5,9,11-12,20H,6-8H2/b18-9-/t11-,12-/m0/s1. The van der Waals surface area contributed by atoms with Crippen molar-refractivity contribution in [3.8, 4) is 0 Å². The predicted octanol–water partition coefficient (Wildman–Crippen LogP) is 1.93. The summed E-state index contributed by atoms with van der Waals surface area (Å²) in [4.78, 5) is 16.5. The van der Waals surface area contributed by atoms with Gasteiger partial charge in [0, 0.05) is 6.54 Å². The van der Waals surface area contributed by atoms with Crippen molar-refractivity contribution in [3.63, 3.8) is 0 Å². The van der Waals surface area contributed by atoms with Crippen LogP contribution in [0.4, 0.5) is 18.0 Å². The highest BCUT2D eigenvalue weighted by Crippen LogP contribution is 2.17. The van der Waals surface area contributed by atoms with Gasteiger partial charge in [0.15, 0.2) is 6.40 Å². The van der Waals surface area contributed by atoms with E-state index in [0.717, 1.165) is 5.56 Å². The Morgan fingerprint density at radius 1 is 1.35 bits per heavy atom. The third-order valence-corrected chi connectivity index (χ3v) is 3.16. The second kappa shape index (κ2) is 7.32. The molecule has 6 nitrogen and oxygen atoms in total. The van der Waals surface area contributed by atoms with E-state index in [4.69, 9.17) is 4.74 Å². The molecule has 1 amide bonds. The van der Waals surface area contributed by atoms with Gasteiger partial charge in [0.05, 0.1) is 18.7 Å². The van der Waals surface area contributed by atoms with E-state index in [1.165, 1.54) is 4.90 Å². The lowest BCUT2D eigenvalue weighted by Crippen LogP contribution is -2.30. The fourth-order valence-electron chi connectivity index (χ4n) is 2.04. The first-order valence-corrected chi connectivity index (χ1v) is 6.75. The third-order valence-electron chi connectivity index (χ3n) is 3.16. The lowest BCUT2D eigenvalue weighted by Gasteiger charge is -2.15. The van der Waals surface area contributed by atoms with Gasteiger partial charge in [0.25, 0.3) is 0 Å². The highest BCUT2D eigenvalue weighted by atomic mass is 19.4. The zero-order valence-electron chi connectivity index (χ0n) is 11.9. The number of aliphatic hydroxyl groups is 1. The molecule has 0 spiro atoms. The first-order chi connectivity index (χ1) is 10.8. The van der Waals surface area contributed by atoms with Crippen LogP contribution in [0, 0.1) is 0 Å². The molecule has 1 aromatic carbocycles. The molecule has 1 fully saturated rings. The van der Waals surface area contributed by atoms with Crippen LogP contribution >= 0.6 is 0 Å². The molecule has 1 aliphatic rings. The summed E-state index contributed by atoms with van der Waals surface area (Å²) in [6.07, 6.45) is -6.34. The molecule has 0 aliphatic carbocycles. The second-order valence-corrected chi connectivity index (χ2v) is 4.90. The Labute approximate surface area is 130 Å². The molecule has 23 heavy (non-hydrogen) atoms. The van der Waals surface area contributed by atoms with Crippen LogP contribution in [-0.4, -0.2) is 54.1 Å². The van der Waals surface area contributed by atoms with Gasteiger partial charge in [0.2, 0.25) is 0 Å². The summed E-state index contributed by atoms with van der Waals surface area (Å²) in [7, 11) is 0. The number of benzene rings is 1. The number of halogens is 3. The SMILES string of the molecule is O=C(OCc1ccccc1)N1C[C@H](/N=C\OC(F)(F)F)[C@@H](O)C1. The first kappa shape index (κ1) is 17.1. The van der Waals surface area contributed by atoms with Crippen molar-refractivity contribution in [2.24, 2.45) is 4.99 Å². The summed E-state index contributed by atoms with van der Waals surface area (Å²) in [6, 6.07) is 8.11.